The molecule has 0 radical (unpaired) electrons. The van der Waals surface area contributed by atoms with Crippen molar-refractivity contribution >= 4 is 17.8 Å². The van der Waals surface area contributed by atoms with Crippen LogP contribution in [0.15, 0.2) is 30.3 Å². The van der Waals surface area contributed by atoms with Crippen LogP contribution in [0.2, 0.25) is 0 Å². The van der Waals surface area contributed by atoms with E-state index < -0.39 is 6.04 Å². The zero-order valence-corrected chi connectivity index (χ0v) is 16.5. The molecule has 1 heterocycles. The van der Waals surface area contributed by atoms with Crippen molar-refractivity contribution in [2.45, 2.75) is 76.3 Å². The van der Waals surface area contributed by atoms with Gasteiger partial charge in [0.15, 0.2) is 0 Å². The van der Waals surface area contributed by atoms with Crippen molar-refractivity contribution in [2.75, 3.05) is 6.54 Å². The Morgan fingerprint density at radius 3 is 2.43 bits per heavy atom. The number of imide groups is 1. The quantitative estimate of drug-likeness (QED) is 0.708. The summed E-state index contributed by atoms with van der Waals surface area (Å²) in [6.07, 6.45) is 9.44. The number of hydrogen-bond acceptors (Lipinski definition) is 3. The summed E-state index contributed by atoms with van der Waals surface area (Å²) in [5, 5.41) is 5.84. The van der Waals surface area contributed by atoms with E-state index in [1.807, 2.05) is 30.3 Å². The van der Waals surface area contributed by atoms with Crippen LogP contribution in [0.1, 0.15) is 63.4 Å². The molecule has 4 amide bonds. The van der Waals surface area contributed by atoms with Crippen molar-refractivity contribution in [2.24, 2.45) is 0 Å². The predicted octanol–water partition coefficient (Wildman–Crippen LogP) is 3.16. The van der Waals surface area contributed by atoms with Crippen LogP contribution < -0.4 is 10.6 Å². The molecule has 1 aromatic carbocycles. The molecular weight excluding hydrogens is 354 g/mol. The number of amides is 4. The van der Waals surface area contributed by atoms with Gasteiger partial charge in [-0.2, -0.15) is 0 Å². The summed E-state index contributed by atoms with van der Waals surface area (Å²) in [5.74, 6) is -0.241. The van der Waals surface area contributed by atoms with E-state index in [9.17, 15) is 14.4 Å². The van der Waals surface area contributed by atoms with E-state index in [1.54, 1.807) is 0 Å². The first-order chi connectivity index (χ1) is 13.6. The predicted molar refractivity (Wildman–Crippen MR) is 108 cm³/mol. The summed E-state index contributed by atoms with van der Waals surface area (Å²) in [6, 6.07) is 9.10. The highest BCUT2D eigenvalue weighted by molar-refractivity contribution is 6.04. The van der Waals surface area contributed by atoms with E-state index in [0.29, 0.717) is 19.4 Å². The van der Waals surface area contributed by atoms with Gasteiger partial charge in [0.05, 0.1) is 0 Å². The average molecular weight is 386 g/mol. The molecule has 1 aliphatic carbocycles. The smallest absolute Gasteiger partial charge is 0.324 e. The van der Waals surface area contributed by atoms with E-state index in [1.165, 1.54) is 37.0 Å². The van der Waals surface area contributed by atoms with E-state index in [4.69, 9.17) is 0 Å². The van der Waals surface area contributed by atoms with Crippen molar-refractivity contribution in [3.8, 4) is 0 Å². The molecule has 1 saturated carbocycles. The van der Waals surface area contributed by atoms with Gasteiger partial charge in [0, 0.05) is 19.0 Å². The average Bonchev–Trinajstić information content (AvgIpc) is 2.94. The van der Waals surface area contributed by atoms with Gasteiger partial charge in [0.25, 0.3) is 5.91 Å². The Kier molecular flexibility index (Phi) is 7.46. The zero-order chi connectivity index (χ0) is 19.8. The number of nitrogens with zero attached hydrogens (tertiary/aromatic N) is 1. The summed E-state index contributed by atoms with van der Waals surface area (Å²) in [4.78, 5) is 38.2. The van der Waals surface area contributed by atoms with Crippen LogP contribution in [-0.2, 0) is 16.0 Å². The van der Waals surface area contributed by atoms with Gasteiger partial charge in [-0.15, -0.1) is 0 Å². The molecular formula is C22H31N3O3. The molecule has 2 N–H and O–H groups in total. The van der Waals surface area contributed by atoms with Gasteiger partial charge in [0.1, 0.15) is 6.04 Å². The molecule has 6 heteroatoms. The molecule has 6 nitrogen and oxygen atoms in total. The highest BCUT2D eigenvalue weighted by Gasteiger charge is 2.37. The number of carbonyl (C=O) groups excluding carboxylic acids is 3. The second kappa shape index (κ2) is 10.2. The van der Waals surface area contributed by atoms with Crippen molar-refractivity contribution in [3.63, 3.8) is 0 Å². The van der Waals surface area contributed by atoms with Crippen LogP contribution in [-0.4, -0.2) is 41.4 Å². The molecule has 1 aromatic rings. The zero-order valence-electron chi connectivity index (χ0n) is 16.5. The lowest BCUT2D eigenvalue weighted by Crippen LogP contribution is -2.37. The van der Waals surface area contributed by atoms with Crippen LogP contribution in [0.5, 0.6) is 0 Å². The maximum Gasteiger partial charge on any atom is 0.324 e. The molecule has 0 aromatic heterocycles. The lowest BCUT2D eigenvalue weighted by molar-refractivity contribution is -0.127. The number of nitrogens with one attached hydrogen (secondary N) is 2. The number of hydrogen-bond donors (Lipinski definition) is 2. The normalized spacial score (nSPS) is 21.1. The summed E-state index contributed by atoms with van der Waals surface area (Å²) >= 11 is 0. The Morgan fingerprint density at radius 1 is 1.04 bits per heavy atom. The molecule has 2 fully saturated rings. The van der Waals surface area contributed by atoms with Crippen LogP contribution >= 0.6 is 0 Å². The van der Waals surface area contributed by atoms with Crippen molar-refractivity contribution in [1.82, 2.24) is 15.5 Å². The monoisotopic (exact) mass is 385 g/mol. The Labute approximate surface area is 167 Å². The lowest BCUT2D eigenvalue weighted by atomic mass is 9.96. The van der Waals surface area contributed by atoms with Gasteiger partial charge in [-0.05, 0) is 31.2 Å². The minimum Gasteiger partial charge on any atom is -0.353 e. The van der Waals surface area contributed by atoms with E-state index in [0.717, 1.165) is 18.4 Å². The van der Waals surface area contributed by atoms with Crippen LogP contribution in [0.4, 0.5) is 4.79 Å². The summed E-state index contributed by atoms with van der Waals surface area (Å²) in [5.41, 5.74) is 1.09. The van der Waals surface area contributed by atoms with Crippen molar-refractivity contribution in [3.05, 3.63) is 35.9 Å². The topological polar surface area (TPSA) is 78.5 Å². The number of benzene rings is 1. The van der Waals surface area contributed by atoms with Crippen molar-refractivity contribution < 1.29 is 14.4 Å². The third-order valence-corrected chi connectivity index (χ3v) is 5.70. The molecule has 0 spiro atoms. The van der Waals surface area contributed by atoms with Gasteiger partial charge >= 0.3 is 6.03 Å². The number of urea groups is 1. The second-order valence-electron chi connectivity index (χ2n) is 7.88. The van der Waals surface area contributed by atoms with Gasteiger partial charge in [0.2, 0.25) is 5.91 Å². The largest absolute Gasteiger partial charge is 0.353 e. The molecule has 1 saturated heterocycles. The second-order valence-corrected chi connectivity index (χ2v) is 7.88. The van der Waals surface area contributed by atoms with Crippen molar-refractivity contribution in [1.29, 1.82) is 0 Å². The fourth-order valence-electron chi connectivity index (χ4n) is 4.05. The first kappa shape index (κ1) is 20.4. The Hall–Kier alpha value is -2.37. The fourth-order valence-corrected chi connectivity index (χ4v) is 4.05. The SMILES string of the molecule is O=C(CC[C@H]1NC(=O)N(CCc2ccccc2)C1=O)NC1CCCCCCC1. The van der Waals surface area contributed by atoms with E-state index in [2.05, 4.69) is 10.6 Å². The highest BCUT2D eigenvalue weighted by Crippen LogP contribution is 2.18. The third kappa shape index (κ3) is 5.81. The van der Waals surface area contributed by atoms with E-state index >= 15 is 0 Å². The van der Waals surface area contributed by atoms with Gasteiger partial charge in [-0.1, -0.05) is 62.4 Å². The molecule has 1 aliphatic heterocycles. The first-order valence-electron chi connectivity index (χ1n) is 10.6. The van der Waals surface area contributed by atoms with Crippen LogP contribution in [0, 0.1) is 0 Å². The Morgan fingerprint density at radius 2 is 1.71 bits per heavy atom. The van der Waals surface area contributed by atoms with E-state index in [-0.39, 0.29) is 30.3 Å². The van der Waals surface area contributed by atoms with Gasteiger partial charge in [-0.25, -0.2) is 4.79 Å². The molecule has 0 unspecified atom stereocenters. The number of rotatable bonds is 7. The maximum absolute atomic E-state index is 12.5. The minimum absolute atomic E-state index is 0.0182. The Balaban J connectivity index is 1.42. The maximum atomic E-state index is 12.5. The number of carbonyl (C=O) groups is 3. The minimum atomic E-state index is -0.591. The summed E-state index contributed by atoms with van der Waals surface area (Å²) < 4.78 is 0. The molecule has 28 heavy (non-hydrogen) atoms. The molecule has 3 rings (SSSR count). The molecule has 1 atom stereocenters. The summed E-state index contributed by atoms with van der Waals surface area (Å²) in [6.45, 7) is 0.361. The van der Waals surface area contributed by atoms with Crippen LogP contribution in [0.25, 0.3) is 0 Å². The highest BCUT2D eigenvalue weighted by atomic mass is 16.2. The third-order valence-electron chi connectivity index (χ3n) is 5.70. The molecule has 152 valence electrons. The summed E-state index contributed by atoms with van der Waals surface area (Å²) in [7, 11) is 0. The van der Waals surface area contributed by atoms with Crippen LogP contribution in [0.3, 0.4) is 0 Å². The lowest BCUT2D eigenvalue weighted by Gasteiger charge is -2.21. The molecule has 2 aliphatic rings. The fraction of sp³-hybridized carbons (Fsp3) is 0.591. The van der Waals surface area contributed by atoms with Gasteiger partial charge in [-0.3, -0.25) is 14.5 Å². The van der Waals surface area contributed by atoms with Gasteiger partial charge < -0.3 is 10.6 Å². The standard InChI is InChI=1S/C22H31N3O3/c26-20(23-18-11-7-2-1-3-8-12-18)14-13-19-21(27)25(22(28)24-19)16-15-17-9-5-4-6-10-17/h4-6,9-10,18-19H,1-3,7-8,11-16H2,(H,23,26)(H,24,28)/t19-/m1/s1. The first-order valence-corrected chi connectivity index (χ1v) is 10.6. The Bertz CT molecular complexity index is 669. The molecule has 0 bridgehead atoms.